The molecule has 1 rings (SSSR count). The van der Waals surface area contributed by atoms with Crippen LogP contribution in [0.25, 0.3) is 10.4 Å². The molecule has 0 fully saturated rings. The fourth-order valence-corrected chi connectivity index (χ4v) is 1.72. The molecule has 1 heterocycles. The molecule has 0 saturated heterocycles. The highest BCUT2D eigenvalue weighted by Gasteiger charge is 2.14. The molecule has 0 aromatic carbocycles. The van der Waals surface area contributed by atoms with Crippen LogP contribution in [0, 0.1) is 0 Å². The van der Waals surface area contributed by atoms with Crippen molar-refractivity contribution in [1.29, 1.82) is 0 Å². The number of ether oxygens (including phenoxy) is 1. The molecule has 7 nitrogen and oxygen atoms in total. The lowest BCUT2D eigenvalue weighted by Crippen LogP contribution is -2.32. The minimum atomic E-state index is -0.835. The highest BCUT2D eigenvalue weighted by molar-refractivity contribution is 6.32. The second kappa shape index (κ2) is 7.81. The predicted molar refractivity (Wildman–Crippen MR) is 70.7 cm³/mol. The molecule has 0 aliphatic heterocycles. The number of azide groups is 1. The van der Waals surface area contributed by atoms with Crippen LogP contribution in [-0.4, -0.2) is 23.5 Å². The van der Waals surface area contributed by atoms with Crippen molar-refractivity contribution in [3.05, 3.63) is 38.4 Å². The predicted octanol–water partition coefficient (Wildman–Crippen LogP) is 2.46. The Morgan fingerprint density at radius 1 is 1.53 bits per heavy atom. The van der Waals surface area contributed by atoms with Gasteiger partial charge in [-0.3, -0.25) is 4.79 Å². The maximum Gasteiger partial charge on any atom is 0.323 e. The molecule has 0 spiro atoms. The zero-order valence-corrected chi connectivity index (χ0v) is 11.3. The fourth-order valence-electron chi connectivity index (χ4n) is 1.22. The molecule has 19 heavy (non-hydrogen) atoms. The number of carbonyl (C=O) groups excluding carboxylic acids is 1. The number of carbonyl (C=O) groups is 1. The van der Waals surface area contributed by atoms with Crippen molar-refractivity contribution < 1.29 is 9.53 Å². The summed E-state index contributed by atoms with van der Waals surface area (Å²) in [6.45, 7) is 0.135. The SMILES string of the molecule is [N-]=[N+]=NCC[C@H](N)C(=O)OCc1cc(Cl)nc(Cl)c1. The van der Waals surface area contributed by atoms with Gasteiger partial charge in [-0.15, -0.1) is 0 Å². The van der Waals surface area contributed by atoms with Gasteiger partial charge in [0.1, 0.15) is 23.0 Å². The molecule has 0 unspecified atom stereocenters. The minimum absolute atomic E-state index is 0.00396. The van der Waals surface area contributed by atoms with E-state index in [1.807, 2.05) is 0 Å². The molecule has 1 atom stereocenters. The summed E-state index contributed by atoms with van der Waals surface area (Å²) in [6.07, 6.45) is 0.223. The molecule has 9 heteroatoms. The molecule has 0 aliphatic rings. The summed E-state index contributed by atoms with van der Waals surface area (Å²) in [5.74, 6) is -0.586. The molecule has 1 aromatic heterocycles. The van der Waals surface area contributed by atoms with Gasteiger partial charge in [0, 0.05) is 11.5 Å². The molecule has 0 bridgehead atoms. The molecule has 0 aliphatic carbocycles. The van der Waals surface area contributed by atoms with Gasteiger partial charge in [-0.2, -0.15) is 0 Å². The highest BCUT2D eigenvalue weighted by atomic mass is 35.5. The van der Waals surface area contributed by atoms with E-state index in [-0.39, 0.29) is 29.9 Å². The van der Waals surface area contributed by atoms with E-state index in [2.05, 4.69) is 15.0 Å². The van der Waals surface area contributed by atoms with E-state index in [0.29, 0.717) is 5.56 Å². The third-order valence-corrected chi connectivity index (χ3v) is 2.50. The quantitative estimate of drug-likeness (QED) is 0.286. The van der Waals surface area contributed by atoms with E-state index < -0.39 is 12.0 Å². The van der Waals surface area contributed by atoms with Gasteiger partial charge in [0.2, 0.25) is 0 Å². The third kappa shape index (κ3) is 5.76. The van der Waals surface area contributed by atoms with Gasteiger partial charge < -0.3 is 10.5 Å². The van der Waals surface area contributed by atoms with Crippen LogP contribution in [0.5, 0.6) is 0 Å². The van der Waals surface area contributed by atoms with Crippen LogP contribution in [-0.2, 0) is 16.1 Å². The molecular weight excluding hydrogens is 293 g/mol. The summed E-state index contributed by atoms with van der Waals surface area (Å²) in [5, 5.41) is 3.71. The van der Waals surface area contributed by atoms with Gasteiger partial charge in [-0.1, -0.05) is 28.3 Å². The van der Waals surface area contributed by atoms with E-state index in [4.69, 9.17) is 39.2 Å². The Hall–Kier alpha value is -1.53. The molecule has 0 radical (unpaired) electrons. The van der Waals surface area contributed by atoms with Crippen molar-refractivity contribution in [2.75, 3.05) is 6.54 Å². The molecule has 102 valence electrons. The first-order valence-corrected chi connectivity index (χ1v) is 6.03. The average molecular weight is 304 g/mol. The van der Waals surface area contributed by atoms with Crippen LogP contribution in [0.4, 0.5) is 0 Å². The molecule has 2 N–H and O–H groups in total. The lowest BCUT2D eigenvalue weighted by Gasteiger charge is -2.10. The zero-order valence-electron chi connectivity index (χ0n) is 9.79. The molecule has 0 saturated carbocycles. The van der Waals surface area contributed by atoms with Crippen molar-refractivity contribution in [3.63, 3.8) is 0 Å². The van der Waals surface area contributed by atoms with Gasteiger partial charge in [-0.25, -0.2) is 4.98 Å². The van der Waals surface area contributed by atoms with Crippen LogP contribution in [0.15, 0.2) is 17.2 Å². The first-order valence-electron chi connectivity index (χ1n) is 5.28. The first-order chi connectivity index (χ1) is 9.02. The molecule has 0 amide bonds. The third-order valence-electron chi connectivity index (χ3n) is 2.11. The second-order valence-corrected chi connectivity index (χ2v) is 4.35. The Morgan fingerprint density at radius 3 is 2.74 bits per heavy atom. The first kappa shape index (κ1) is 15.5. The number of hydrogen-bond acceptors (Lipinski definition) is 5. The topological polar surface area (TPSA) is 114 Å². The van der Waals surface area contributed by atoms with Crippen molar-refractivity contribution in [3.8, 4) is 0 Å². The molecular formula is C10H11Cl2N5O2. The van der Waals surface area contributed by atoms with E-state index >= 15 is 0 Å². The van der Waals surface area contributed by atoms with Crippen LogP contribution in [0.3, 0.4) is 0 Å². The number of esters is 1. The van der Waals surface area contributed by atoms with Gasteiger partial charge in [0.25, 0.3) is 0 Å². The largest absolute Gasteiger partial charge is 0.460 e. The standard InChI is InChI=1S/C10H11Cl2N5O2/c11-8-3-6(4-9(12)16-8)5-19-10(18)7(13)1-2-15-17-14/h3-4,7H,1-2,5,13H2/t7-/m0/s1. The lowest BCUT2D eigenvalue weighted by molar-refractivity contribution is -0.146. The number of hydrogen-bond donors (Lipinski definition) is 1. The van der Waals surface area contributed by atoms with Gasteiger partial charge in [0.05, 0.1) is 0 Å². The van der Waals surface area contributed by atoms with Crippen molar-refractivity contribution >= 4 is 29.2 Å². The number of halogens is 2. The average Bonchev–Trinajstić information content (AvgIpc) is 2.35. The highest BCUT2D eigenvalue weighted by Crippen LogP contribution is 2.15. The van der Waals surface area contributed by atoms with Crippen LogP contribution in [0.2, 0.25) is 10.3 Å². The normalized spacial score (nSPS) is 11.5. The van der Waals surface area contributed by atoms with Gasteiger partial charge >= 0.3 is 5.97 Å². The monoisotopic (exact) mass is 303 g/mol. The van der Waals surface area contributed by atoms with Crippen LogP contribution in [0.1, 0.15) is 12.0 Å². The maximum atomic E-state index is 11.5. The lowest BCUT2D eigenvalue weighted by atomic mass is 10.2. The Kier molecular flexibility index (Phi) is 6.38. The van der Waals surface area contributed by atoms with Crippen LogP contribution >= 0.6 is 23.2 Å². The van der Waals surface area contributed by atoms with Crippen LogP contribution < -0.4 is 5.73 Å². The smallest absolute Gasteiger partial charge is 0.323 e. The summed E-state index contributed by atoms with van der Waals surface area (Å²) in [5.41, 5.74) is 14.3. The number of rotatable bonds is 6. The number of pyridine rings is 1. The summed E-state index contributed by atoms with van der Waals surface area (Å²) < 4.78 is 4.99. The number of nitrogens with two attached hydrogens (primary N) is 1. The van der Waals surface area contributed by atoms with E-state index in [0.717, 1.165) is 0 Å². The Labute approximate surface area is 119 Å². The Morgan fingerprint density at radius 2 is 2.16 bits per heavy atom. The summed E-state index contributed by atoms with van der Waals surface area (Å²) in [6, 6.07) is 2.23. The zero-order chi connectivity index (χ0) is 14.3. The Balaban J connectivity index is 2.46. The van der Waals surface area contributed by atoms with E-state index in [1.54, 1.807) is 0 Å². The summed E-state index contributed by atoms with van der Waals surface area (Å²) in [7, 11) is 0. The van der Waals surface area contributed by atoms with Crippen molar-refractivity contribution in [2.45, 2.75) is 19.1 Å². The van der Waals surface area contributed by atoms with Crippen molar-refractivity contribution in [2.24, 2.45) is 10.8 Å². The summed E-state index contributed by atoms with van der Waals surface area (Å²) in [4.78, 5) is 17.8. The summed E-state index contributed by atoms with van der Waals surface area (Å²) >= 11 is 11.4. The second-order valence-electron chi connectivity index (χ2n) is 3.58. The minimum Gasteiger partial charge on any atom is -0.460 e. The molecule has 1 aromatic rings. The van der Waals surface area contributed by atoms with Gasteiger partial charge in [-0.05, 0) is 29.6 Å². The Bertz CT molecular complexity index is 484. The fraction of sp³-hybridized carbons (Fsp3) is 0.400. The van der Waals surface area contributed by atoms with Crippen molar-refractivity contribution in [1.82, 2.24) is 4.98 Å². The number of nitrogens with zero attached hydrogens (tertiary/aromatic N) is 4. The van der Waals surface area contributed by atoms with E-state index in [9.17, 15) is 4.79 Å². The number of aromatic nitrogens is 1. The maximum absolute atomic E-state index is 11.5. The van der Waals surface area contributed by atoms with Gasteiger partial charge in [0.15, 0.2) is 0 Å². The van der Waals surface area contributed by atoms with E-state index in [1.165, 1.54) is 12.1 Å².